The molecule has 4 rings (SSSR count). The SMILES string of the molecule is C=C1CC(C(=O)NC2CCC(C)C(C3CC4CNC(C)CC4N(C)C3=O)C2)NOC1=C. The molecule has 172 valence electrons. The Morgan fingerprint density at radius 2 is 1.97 bits per heavy atom. The van der Waals surface area contributed by atoms with Gasteiger partial charge in [0.25, 0.3) is 0 Å². The van der Waals surface area contributed by atoms with Gasteiger partial charge in [0.1, 0.15) is 11.8 Å². The van der Waals surface area contributed by atoms with Crippen LogP contribution in [0.25, 0.3) is 0 Å². The van der Waals surface area contributed by atoms with Gasteiger partial charge in [0.2, 0.25) is 11.8 Å². The summed E-state index contributed by atoms with van der Waals surface area (Å²) in [5.41, 5.74) is 3.52. The largest absolute Gasteiger partial charge is 0.408 e. The van der Waals surface area contributed by atoms with E-state index in [0.717, 1.165) is 44.2 Å². The fourth-order valence-corrected chi connectivity index (χ4v) is 6.16. The van der Waals surface area contributed by atoms with Crippen molar-refractivity contribution in [2.45, 2.75) is 76.5 Å². The molecule has 8 unspecified atom stereocenters. The monoisotopic (exact) mass is 430 g/mol. The molecule has 4 aliphatic rings. The van der Waals surface area contributed by atoms with Crippen LogP contribution in [0.1, 0.15) is 52.4 Å². The quantitative estimate of drug-likeness (QED) is 0.639. The number of fused-ring (bicyclic) bond motifs is 1. The van der Waals surface area contributed by atoms with Crippen LogP contribution in [0.2, 0.25) is 0 Å². The van der Waals surface area contributed by atoms with Crippen molar-refractivity contribution in [1.82, 2.24) is 21.0 Å². The molecule has 7 nitrogen and oxygen atoms in total. The van der Waals surface area contributed by atoms with Crippen LogP contribution in [-0.2, 0) is 14.4 Å². The zero-order valence-electron chi connectivity index (χ0n) is 19.2. The van der Waals surface area contributed by atoms with Crippen LogP contribution >= 0.6 is 0 Å². The Hall–Kier alpha value is -1.86. The smallest absolute Gasteiger partial charge is 0.241 e. The number of allylic oxidation sites excluding steroid dienone is 1. The summed E-state index contributed by atoms with van der Waals surface area (Å²) in [6, 6.07) is 0.463. The molecule has 4 fully saturated rings. The second-order valence-corrected chi connectivity index (χ2v) is 10.3. The summed E-state index contributed by atoms with van der Waals surface area (Å²) < 4.78 is 0. The highest BCUT2D eigenvalue weighted by Crippen LogP contribution is 2.43. The Labute approximate surface area is 186 Å². The number of carbonyl (C=O) groups is 2. The van der Waals surface area contributed by atoms with Crippen LogP contribution in [0.5, 0.6) is 0 Å². The van der Waals surface area contributed by atoms with E-state index in [0.29, 0.717) is 47.9 Å². The molecular weight excluding hydrogens is 392 g/mol. The molecule has 8 atom stereocenters. The number of likely N-dealkylation sites (tertiary alicyclic amines) is 1. The topological polar surface area (TPSA) is 82.7 Å². The third kappa shape index (κ3) is 4.53. The number of hydroxylamine groups is 1. The zero-order valence-corrected chi connectivity index (χ0v) is 19.2. The minimum absolute atomic E-state index is 0.0513. The second kappa shape index (κ2) is 8.94. The number of nitrogens with zero attached hydrogens (tertiary/aromatic N) is 1. The van der Waals surface area contributed by atoms with Crippen LogP contribution in [0.4, 0.5) is 0 Å². The van der Waals surface area contributed by atoms with E-state index >= 15 is 0 Å². The van der Waals surface area contributed by atoms with E-state index in [-0.39, 0.29) is 17.9 Å². The van der Waals surface area contributed by atoms with Gasteiger partial charge in [-0.05, 0) is 62.4 Å². The average Bonchev–Trinajstić information content (AvgIpc) is 2.74. The van der Waals surface area contributed by atoms with Crippen molar-refractivity contribution in [1.29, 1.82) is 0 Å². The van der Waals surface area contributed by atoms with Gasteiger partial charge in [0.15, 0.2) is 0 Å². The number of rotatable bonds is 3. The molecule has 0 spiro atoms. The van der Waals surface area contributed by atoms with Crippen molar-refractivity contribution in [3.05, 3.63) is 24.5 Å². The van der Waals surface area contributed by atoms with Crippen LogP contribution < -0.4 is 16.1 Å². The number of amides is 2. The van der Waals surface area contributed by atoms with Crippen LogP contribution in [0.3, 0.4) is 0 Å². The first kappa shape index (κ1) is 22.3. The molecule has 3 heterocycles. The first-order chi connectivity index (χ1) is 14.7. The third-order valence-electron chi connectivity index (χ3n) is 8.19. The Kier molecular flexibility index (Phi) is 6.44. The van der Waals surface area contributed by atoms with Gasteiger partial charge in [-0.3, -0.25) is 9.59 Å². The van der Waals surface area contributed by atoms with Gasteiger partial charge in [0.05, 0.1) is 0 Å². The predicted octanol–water partition coefficient (Wildman–Crippen LogP) is 2.12. The van der Waals surface area contributed by atoms with Crippen molar-refractivity contribution in [2.75, 3.05) is 13.6 Å². The third-order valence-corrected chi connectivity index (χ3v) is 8.19. The molecule has 3 N–H and O–H groups in total. The lowest BCUT2D eigenvalue weighted by Crippen LogP contribution is -2.60. The predicted molar refractivity (Wildman–Crippen MR) is 120 cm³/mol. The van der Waals surface area contributed by atoms with E-state index in [1.54, 1.807) is 0 Å². The summed E-state index contributed by atoms with van der Waals surface area (Å²) >= 11 is 0. The minimum atomic E-state index is -0.450. The lowest BCUT2D eigenvalue weighted by molar-refractivity contribution is -0.148. The van der Waals surface area contributed by atoms with E-state index in [1.807, 2.05) is 11.9 Å². The molecular formula is C24H38N4O3. The molecule has 3 saturated heterocycles. The van der Waals surface area contributed by atoms with Crippen LogP contribution in [0.15, 0.2) is 24.5 Å². The zero-order chi connectivity index (χ0) is 22.3. The van der Waals surface area contributed by atoms with Crippen molar-refractivity contribution in [3.63, 3.8) is 0 Å². The van der Waals surface area contributed by atoms with E-state index in [1.165, 1.54) is 0 Å². The van der Waals surface area contributed by atoms with Crippen molar-refractivity contribution in [3.8, 4) is 0 Å². The van der Waals surface area contributed by atoms with Crippen LogP contribution in [0, 0.1) is 23.7 Å². The number of piperidine rings is 2. The summed E-state index contributed by atoms with van der Waals surface area (Å²) in [6.07, 6.45) is 5.34. The van der Waals surface area contributed by atoms with Gasteiger partial charge in [0, 0.05) is 44.1 Å². The fourth-order valence-electron chi connectivity index (χ4n) is 6.16. The molecule has 1 saturated carbocycles. The number of hydrogen-bond acceptors (Lipinski definition) is 5. The lowest BCUT2D eigenvalue weighted by atomic mass is 9.65. The van der Waals surface area contributed by atoms with Crippen LogP contribution in [-0.4, -0.2) is 54.5 Å². The Morgan fingerprint density at radius 3 is 2.71 bits per heavy atom. The van der Waals surface area contributed by atoms with Gasteiger partial charge in [-0.15, -0.1) is 5.48 Å². The van der Waals surface area contributed by atoms with E-state index in [4.69, 9.17) is 4.84 Å². The van der Waals surface area contributed by atoms with Crippen molar-refractivity contribution < 1.29 is 14.4 Å². The Morgan fingerprint density at radius 1 is 1.19 bits per heavy atom. The molecule has 2 amide bonds. The molecule has 0 bridgehead atoms. The van der Waals surface area contributed by atoms with Gasteiger partial charge < -0.3 is 20.4 Å². The van der Waals surface area contributed by atoms with E-state index in [2.05, 4.69) is 43.1 Å². The van der Waals surface area contributed by atoms with Gasteiger partial charge in [-0.25, -0.2) is 0 Å². The molecule has 0 radical (unpaired) electrons. The number of hydrogen-bond donors (Lipinski definition) is 3. The summed E-state index contributed by atoms with van der Waals surface area (Å²) in [7, 11) is 1.99. The van der Waals surface area contributed by atoms with Gasteiger partial charge in [-0.1, -0.05) is 20.1 Å². The summed E-state index contributed by atoms with van der Waals surface area (Å²) in [4.78, 5) is 33.5. The summed E-state index contributed by atoms with van der Waals surface area (Å²) in [6.45, 7) is 13.1. The summed E-state index contributed by atoms with van der Waals surface area (Å²) in [5.74, 6) is 2.09. The van der Waals surface area contributed by atoms with Crippen molar-refractivity contribution in [2.24, 2.45) is 23.7 Å². The number of carbonyl (C=O) groups excluding carboxylic acids is 2. The molecule has 1 aliphatic carbocycles. The lowest BCUT2D eigenvalue weighted by Gasteiger charge is -2.50. The highest BCUT2D eigenvalue weighted by molar-refractivity contribution is 5.83. The maximum Gasteiger partial charge on any atom is 0.241 e. The standard InChI is InChI=1S/C24H38N4O3/c1-13-6-7-18(26-23(29)21-8-14(2)16(4)31-27-21)11-19(13)20-10-17-12-25-15(3)9-22(17)28(5)24(20)30/h13,15,17-22,25,27H,2,4,6-12H2,1,3,5H3,(H,26,29). The normalized spacial score (nSPS) is 41.4. The van der Waals surface area contributed by atoms with Crippen molar-refractivity contribution >= 4 is 11.8 Å². The second-order valence-electron chi connectivity index (χ2n) is 10.3. The summed E-state index contributed by atoms with van der Waals surface area (Å²) in [5, 5.41) is 6.81. The maximum atomic E-state index is 13.3. The molecule has 7 heteroatoms. The van der Waals surface area contributed by atoms with Gasteiger partial charge in [-0.2, -0.15) is 0 Å². The Balaban J connectivity index is 1.39. The molecule has 31 heavy (non-hydrogen) atoms. The Bertz CT molecular complexity index is 753. The van der Waals surface area contributed by atoms with E-state index < -0.39 is 6.04 Å². The highest BCUT2D eigenvalue weighted by Gasteiger charge is 2.47. The highest BCUT2D eigenvalue weighted by atomic mass is 16.7. The van der Waals surface area contributed by atoms with Gasteiger partial charge >= 0.3 is 0 Å². The molecule has 0 aromatic heterocycles. The molecule has 0 aromatic carbocycles. The van der Waals surface area contributed by atoms with E-state index in [9.17, 15) is 9.59 Å². The minimum Gasteiger partial charge on any atom is -0.408 e. The number of nitrogens with one attached hydrogen (secondary N) is 3. The first-order valence-corrected chi connectivity index (χ1v) is 11.8. The molecule has 0 aromatic rings. The first-order valence-electron chi connectivity index (χ1n) is 11.8. The fraction of sp³-hybridized carbons (Fsp3) is 0.750. The maximum absolute atomic E-state index is 13.3. The molecule has 3 aliphatic heterocycles. The average molecular weight is 431 g/mol.